The second-order valence-corrected chi connectivity index (χ2v) is 8.25. The van der Waals surface area contributed by atoms with Gasteiger partial charge in [-0.25, -0.2) is 4.99 Å². The molecule has 0 aromatic rings. The zero-order valence-electron chi connectivity index (χ0n) is 17.3. The van der Waals surface area contributed by atoms with Gasteiger partial charge >= 0.3 is 0 Å². The summed E-state index contributed by atoms with van der Waals surface area (Å²) in [7, 11) is 1.74. The summed E-state index contributed by atoms with van der Waals surface area (Å²) in [6, 6.07) is 0.199. The third kappa shape index (κ3) is 5.45. The van der Waals surface area contributed by atoms with Crippen molar-refractivity contribution in [3.63, 3.8) is 0 Å². The first-order valence-corrected chi connectivity index (χ1v) is 10.6. The summed E-state index contributed by atoms with van der Waals surface area (Å²) in [5.74, 6) is 1.20. The molecule has 0 spiro atoms. The van der Waals surface area contributed by atoms with Gasteiger partial charge in [-0.15, -0.1) is 12.4 Å². The van der Waals surface area contributed by atoms with Crippen molar-refractivity contribution >= 4 is 35.8 Å². The third-order valence-electron chi connectivity index (χ3n) is 5.77. The Kier molecular flexibility index (Phi) is 8.82. The van der Waals surface area contributed by atoms with Crippen LogP contribution >= 0.6 is 24.0 Å². The van der Waals surface area contributed by atoms with Gasteiger partial charge in [-0.3, -0.25) is 4.79 Å². The number of amides is 1. The van der Waals surface area contributed by atoms with Crippen LogP contribution in [0.2, 0.25) is 0 Å². The lowest BCUT2D eigenvalue weighted by Gasteiger charge is -2.34. The van der Waals surface area contributed by atoms with E-state index in [0.717, 1.165) is 57.8 Å². The van der Waals surface area contributed by atoms with Crippen LogP contribution in [0, 0.1) is 0 Å². The summed E-state index contributed by atoms with van der Waals surface area (Å²) in [4.78, 5) is 22.4. The fraction of sp³-hybridized carbons (Fsp3) is 0.700. The van der Waals surface area contributed by atoms with E-state index in [1.165, 1.54) is 0 Å². The third-order valence-corrected chi connectivity index (χ3v) is 6.09. The lowest BCUT2D eigenvalue weighted by molar-refractivity contribution is -0.127. The van der Waals surface area contributed by atoms with Crippen molar-refractivity contribution in [3.8, 4) is 0 Å². The van der Waals surface area contributed by atoms with E-state index in [1.54, 1.807) is 13.2 Å². The minimum absolute atomic E-state index is 0. The van der Waals surface area contributed by atoms with Crippen LogP contribution in [0.5, 0.6) is 0 Å². The molecule has 29 heavy (non-hydrogen) atoms. The first-order chi connectivity index (χ1) is 13.5. The van der Waals surface area contributed by atoms with Gasteiger partial charge in [0.2, 0.25) is 5.91 Å². The number of nitrogens with one attached hydrogen (secondary N) is 1. The summed E-state index contributed by atoms with van der Waals surface area (Å²) in [6.07, 6.45) is 8.12. The van der Waals surface area contributed by atoms with Gasteiger partial charge in [-0.05, 0) is 37.8 Å². The number of fused-ring (bicyclic) bond motifs is 1. The summed E-state index contributed by atoms with van der Waals surface area (Å²) in [5.41, 5.74) is 5.33. The maximum absolute atomic E-state index is 13.3. The predicted octanol–water partition coefficient (Wildman–Crippen LogP) is 2.21. The van der Waals surface area contributed by atoms with Crippen molar-refractivity contribution in [3.05, 3.63) is 23.0 Å². The van der Waals surface area contributed by atoms with Gasteiger partial charge in [0.15, 0.2) is 5.54 Å². The fourth-order valence-corrected chi connectivity index (χ4v) is 4.36. The molecule has 3 aliphatic heterocycles. The molecule has 9 heteroatoms. The number of carbonyl (C=O) groups is 1. The molecule has 3 heterocycles. The van der Waals surface area contributed by atoms with Crippen LogP contribution in [-0.4, -0.2) is 73.0 Å². The molecular formula is C20H33Cl2N5O2. The van der Waals surface area contributed by atoms with Gasteiger partial charge < -0.3 is 25.6 Å². The SMILES string of the molecule is CCCC1(C(=O)NC2CCN(CCCOC)CC2)CN2C(=N1)C=CC(Cl)=C2N.Cl. The van der Waals surface area contributed by atoms with Crippen LogP contribution in [0.1, 0.15) is 39.0 Å². The highest BCUT2D eigenvalue weighted by Gasteiger charge is 2.46. The Morgan fingerprint density at radius 1 is 1.41 bits per heavy atom. The van der Waals surface area contributed by atoms with E-state index in [2.05, 4.69) is 17.1 Å². The standard InChI is InChI=1S/C20H32ClN5O2.ClH/c1-3-9-20(14-26-17(24-20)6-5-16(21)18(26)22)19(27)23-15-7-11-25(12-8-15)10-4-13-28-2;/h5-6,15H,3-4,7-14,22H2,1-2H3,(H,23,27);1H. The zero-order chi connectivity index (χ0) is 20.1. The molecule has 1 amide bonds. The van der Waals surface area contributed by atoms with Crippen LogP contribution < -0.4 is 11.1 Å². The van der Waals surface area contributed by atoms with Crippen molar-refractivity contribution in [2.75, 3.05) is 39.9 Å². The molecule has 1 atom stereocenters. The Bertz CT molecular complexity index is 674. The number of allylic oxidation sites excluding steroid dienone is 2. The first-order valence-electron chi connectivity index (χ1n) is 10.2. The number of halogens is 2. The number of likely N-dealkylation sites (tertiary alicyclic amines) is 1. The van der Waals surface area contributed by atoms with Gasteiger partial charge in [0, 0.05) is 39.4 Å². The smallest absolute Gasteiger partial charge is 0.250 e. The first kappa shape index (κ1) is 24.0. The van der Waals surface area contributed by atoms with E-state index in [9.17, 15) is 4.79 Å². The summed E-state index contributed by atoms with van der Waals surface area (Å²) in [5, 5.41) is 3.77. The second-order valence-electron chi connectivity index (χ2n) is 7.84. The van der Waals surface area contributed by atoms with Gasteiger partial charge in [-0.2, -0.15) is 0 Å². The number of nitrogens with zero attached hydrogens (tertiary/aromatic N) is 3. The molecule has 1 unspecified atom stereocenters. The Balaban J connectivity index is 0.00000300. The topological polar surface area (TPSA) is 83.2 Å². The van der Waals surface area contributed by atoms with Crippen molar-refractivity contribution in [1.82, 2.24) is 15.1 Å². The molecule has 3 N–H and O–H groups in total. The van der Waals surface area contributed by atoms with E-state index in [1.807, 2.05) is 11.0 Å². The number of nitrogens with two attached hydrogens (primary N) is 1. The van der Waals surface area contributed by atoms with Crippen LogP contribution in [0.4, 0.5) is 0 Å². The van der Waals surface area contributed by atoms with Gasteiger partial charge in [-0.1, -0.05) is 24.9 Å². The molecule has 164 valence electrons. The van der Waals surface area contributed by atoms with E-state index in [0.29, 0.717) is 23.8 Å². The summed E-state index contributed by atoms with van der Waals surface area (Å²) in [6.45, 7) is 6.38. The molecule has 0 aromatic heterocycles. The Morgan fingerprint density at radius 2 is 2.14 bits per heavy atom. The molecule has 3 rings (SSSR count). The van der Waals surface area contributed by atoms with Crippen LogP contribution in [0.25, 0.3) is 0 Å². The molecule has 1 saturated heterocycles. The van der Waals surface area contributed by atoms with Crippen molar-refractivity contribution in [2.45, 2.75) is 50.6 Å². The van der Waals surface area contributed by atoms with Crippen LogP contribution in [-0.2, 0) is 9.53 Å². The second kappa shape index (κ2) is 10.7. The van der Waals surface area contributed by atoms with E-state index in [-0.39, 0.29) is 24.4 Å². The quantitative estimate of drug-likeness (QED) is 0.559. The van der Waals surface area contributed by atoms with Gasteiger partial charge in [0.05, 0.1) is 11.6 Å². The lowest BCUT2D eigenvalue weighted by Crippen LogP contribution is -2.54. The van der Waals surface area contributed by atoms with Crippen LogP contribution in [0.3, 0.4) is 0 Å². The lowest BCUT2D eigenvalue weighted by atomic mass is 9.92. The highest BCUT2D eigenvalue weighted by atomic mass is 35.5. The molecule has 0 aliphatic carbocycles. The monoisotopic (exact) mass is 445 g/mol. The molecule has 0 aromatic carbocycles. The molecule has 0 radical (unpaired) electrons. The number of hydrogen-bond donors (Lipinski definition) is 2. The van der Waals surface area contributed by atoms with Crippen molar-refractivity contribution < 1.29 is 9.53 Å². The predicted molar refractivity (Wildman–Crippen MR) is 119 cm³/mol. The van der Waals surface area contributed by atoms with Gasteiger partial charge in [0.1, 0.15) is 11.7 Å². The fourth-order valence-electron chi connectivity index (χ4n) is 4.19. The average Bonchev–Trinajstić information content (AvgIpc) is 3.07. The van der Waals surface area contributed by atoms with Crippen molar-refractivity contribution in [2.24, 2.45) is 10.7 Å². The minimum atomic E-state index is -0.795. The normalized spacial score (nSPS) is 24.9. The number of aliphatic imine (C=N–C) groups is 1. The molecular weight excluding hydrogens is 413 g/mol. The number of hydrogen-bond acceptors (Lipinski definition) is 6. The van der Waals surface area contributed by atoms with E-state index >= 15 is 0 Å². The number of rotatable bonds is 8. The van der Waals surface area contributed by atoms with Crippen LogP contribution in [0.15, 0.2) is 28.0 Å². The minimum Gasteiger partial charge on any atom is -0.385 e. The summed E-state index contributed by atoms with van der Waals surface area (Å²) >= 11 is 6.16. The number of ether oxygens (including phenoxy) is 1. The molecule has 1 fully saturated rings. The number of piperidine rings is 1. The maximum atomic E-state index is 13.3. The maximum Gasteiger partial charge on any atom is 0.250 e. The number of methoxy groups -OCH3 is 1. The highest BCUT2D eigenvalue weighted by molar-refractivity contribution is 6.32. The Morgan fingerprint density at radius 3 is 2.79 bits per heavy atom. The van der Waals surface area contributed by atoms with Gasteiger partial charge in [0.25, 0.3) is 0 Å². The highest BCUT2D eigenvalue weighted by Crippen LogP contribution is 2.32. The Hall–Kier alpha value is -1.28. The summed E-state index contributed by atoms with van der Waals surface area (Å²) < 4.78 is 5.13. The zero-order valence-corrected chi connectivity index (χ0v) is 18.9. The molecule has 0 saturated carbocycles. The van der Waals surface area contributed by atoms with E-state index in [4.69, 9.17) is 27.1 Å². The van der Waals surface area contributed by atoms with Crippen molar-refractivity contribution in [1.29, 1.82) is 0 Å². The molecule has 0 bridgehead atoms. The average molecular weight is 446 g/mol. The largest absolute Gasteiger partial charge is 0.385 e. The number of carbonyl (C=O) groups excluding carboxylic acids is 1. The Labute approximate surface area is 184 Å². The molecule has 7 nitrogen and oxygen atoms in total. The number of amidine groups is 1. The van der Waals surface area contributed by atoms with E-state index < -0.39 is 5.54 Å². The molecule has 3 aliphatic rings.